The van der Waals surface area contributed by atoms with Crippen molar-refractivity contribution in [1.29, 1.82) is 0 Å². The monoisotopic (exact) mass is 302 g/mol. The van der Waals surface area contributed by atoms with Gasteiger partial charge in [0.1, 0.15) is 0 Å². The van der Waals surface area contributed by atoms with E-state index in [1.54, 1.807) is 24.1 Å². The molecule has 1 aromatic carbocycles. The lowest BCUT2D eigenvalue weighted by Crippen LogP contribution is -2.25. The molecule has 1 heterocycles. The smallest absolute Gasteiger partial charge is 0.231 e. The Morgan fingerprint density at radius 3 is 2.77 bits per heavy atom. The van der Waals surface area contributed by atoms with Crippen LogP contribution in [0.15, 0.2) is 18.2 Å². The van der Waals surface area contributed by atoms with E-state index in [0.29, 0.717) is 24.9 Å². The van der Waals surface area contributed by atoms with E-state index in [4.69, 9.17) is 0 Å². The third-order valence-electron chi connectivity index (χ3n) is 3.91. The van der Waals surface area contributed by atoms with E-state index >= 15 is 0 Å². The van der Waals surface area contributed by atoms with E-state index in [1.165, 1.54) is 0 Å². The molecule has 0 bridgehead atoms. The van der Waals surface area contributed by atoms with Crippen molar-refractivity contribution in [3.05, 3.63) is 29.3 Å². The van der Waals surface area contributed by atoms with E-state index in [9.17, 15) is 14.4 Å². The maximum Gasteiger partial charge on any atom is 0.231 e. The maximum absolute atomic E-state index is 12.2. The molecule has 1 aliphatic rings. The van der Waals surface area contributed by atoms with Gasteiger partial charge in [0.15, 0.2) is 5.78 Å². The lowest BCUT2D eigenvalue weighted by atomic mass is 10.0. The van der Waals surface area contributed by atoms with Crippen LogP contribution < -0.4 is 10.2 Å². The van der Waals surface area contributed by atoms with Crippen LogP contribution in [0, 0.1) is 0 Å². The van der Waals surface area contributed by atoms with Gasteiger partial charge in [-0.25, -0.2) is 0 Å². The van der Waals surface area contributed by atoms with Crippen LogP contribution in [0.1, 0.15) is 48.5 Å². The molecule has 0 spiro atoms. The number of amides is 2. The third-order valence-corrected chi connectivity index (χ3v) is 3.91. The number of benzene rings is 1. The summed E-state index contributed by atoms with van der Waals surface area (Å²) in [5.41, 5.74) is 2.37. The second kappa shape index (κ2) is 7.20. The number of fused-ring (bicyclic) bond motifs is 1. The molecule has 22 heavy (non-hydrogen) atoms. The summed E-state index contributed by atoms with van der Waals surface area (Å²) in [6.07, 6.45) is 2.99. The van der Waals surface area contributed by atoms with E-state index < -0.39 is 0 Å². The van der Waals surface area contributed by atoms with E-state index in [1.807, 2.05) is 13.0 Å². The largest absolute Gasteiger partial charge is 0.356 e. The summed E-state index contributed by atoms with van der Waals surface area (Å²) >= 11 is 0. The molecule has 118 valence electrons. The Morgan fingerprint density at radius 2 is 2.05 bits per heavy atom. The Bertz CT molecular complexity index is 596. The van der Waals surface area contributed by atoms with Gasteiger partial charge in [0.05, 0.1) is 6.42 Å². The van der Waals surface area contributed by atoms with Crippen molar-refractivity contribution < 1.29 is 14.4 Å². The maximum atomic E-state index is 12.2. The highest BCUT2D eigenvalue weighted by Gasteiger charge is 2.24. The van der Waals surface area contributed by atoms with Gasteiger partial charge in [-0.1, -0.05) is 13.3 Å². The lowest BCUT2D eigenvalue weighted by Gasteiger charge is -2.10. The van der Waals surface area contributed by atoms with Crippen molar-refractivity contribution in [3.8, 4) is 0 Å². The van der Waals surface area contributed by atoms with Crippen LogP contribution in [0.2, 0.25) is 0 Å². The molecule has 1 aliphatic heterocycles. The number of anilines is 1. The second-order valence-electron chi connectivity index (χ2n) is 5.60. The summed E-state index contributed by atoms with van der Waals surface area (Å²) in [5, 5.41) is 2.76. The molecule has 1 N–H and O–H groups in total. The van der Waals surface area contributed by atoms with Crippen LogP contribution in [0.3, 0.4) is 0 Å². The minimum absolute atomic E-state index is 0.00387. The lowest BCUT2D eigenvalue weighted by molar-refractivity contribution is -0.121. The topological polar surface area (TPSA) is 66.5 Å². The number of likely N-dealkylation sites (N-methyl/N-ethyl adjacent to an activating group) is 1. The fraction of sp³-hybridized carbons (Fsp3) is 0.471. The van der Waals surface area contributed by atoms with Crippen molar-refractivity contribution >= 4 is 23.3 Å². The standard InChI is InChI=1S/C17H22N2O3/c1-3-4-5-16(21)18-9-8-15(20)12-6-7-14-13(10-12)11-17(22)19(14)2/h6-7,10H,3-5,8-9,11H2,1-2H3,(H,18,21). The Balaban J connectivity index is 1.88. The molecule has 0 aliphatic carbocycles. The zero-order valence-corrected chi connectivity index (χ0v) is 13.1. The van der Waals surface area contributed by atoms with Gasteiger partial charge >= 0.3 is 0 Å². The summed E-state index contributed by atoms with van der Waals surface area (Å²) in [5.74, 6) is 0.0270. The van der Waals surface area contributed by atoms with E-state index in [-0.39, 0.29) is 24.0 Å². The summed E-state index contributed by atoms with van der Waals surface area (Å²) in [4.78, 5) is 36.9. The Kier molecular flexibility index (Phi) is 5.31. The predicted octanol–water partition coefficient (Wildman–Crippen LogP) is 2.08. The normalized spacial score (nSPS) is 13.2. The first-order chi connectivity index (χ1) is 10.5. The molecule has 0 unspecified atom stereocenters. The number of carbonyl (C=O) groups excluding carboxylic acids is 3. The van der Waals surface area contributed by atoms with Gasteiger partial charge in [-0.2, -0.15) is 0 Å². The first-order valence-corrected chi connectivity index (χ1v) is 7.72. The zero-order chi connectivity index (χ0) is 16.1. The molecule has 0 saturated heterocycles. The fourth-order valence-electron chi connectivity index (χ4n) is 2.53. The Morgan fingerprint density at radius 1 is 1.27 bits per heavy atom. The number of nitrogens with zero attached hydrogens (tertiary/aromatic N) is 1. The molecular weight excluding hydrogens is 280 g/mol. The number of hydrogen-bond acceptors (Lipinski definition) is 3. The average Bonchev–Trinajstić information content (AvgIpc) is 2.79. The third kappa shape index (κ3) is 3.72. The SMILES string of the molecule is CCCCC(=O)NCCC(=O)c1ccc2c(c1)CC(=O)N2C. The molecular formula is C17H22N2O3. The first kappa shape index (κ1) is 16.2. The molecule has 0 aromatic heterocycles. The first-order valence-electron chi connectivity index (χ1n) is 7.72. The van der Waals surface area contributed by atoms with Gasteiger partial charge in [0, 0.05) is 37.7 Å². The number of nitrogens with one attached hydrogen (secondary N) is 1. The number of Topliss-reactive ketones (excluding diaryl/α,β-unsaturated/α-hetero) is 1. The minimum Gasteiger partial charge on any atom is -0.356 e. The zero-order valence-electron chi connectivity index (χ0n) is 13.1. The van der Waals surface area contributed by atoms with Gasteiger partial charge in [0.25, 0.3) is 0 Å². The molecule has 5 nitrogen and oxygen atoms in total. The van der Waals surface area contributed by atoms with Gasteiger partial charge in [-0.05, 0) is 30.2 Å². The van der Waals surface area contributed by atoms with Crippen LogP contribution in [0.4, 0.5) is 5.69 Å². The molecule has 0 saturated carbocycles. The fourth-order valence-corrected chi connectivity index (χ4v) is 2.53. The Labute approximate surface area is 130 Å². The van der Waals surface area contributed by atoms with Crippen LogP contribution >= 0.6 is 0 Å². The predicted molar refractivity (Wildman–Crippen MR) is 85.0 cm³/mol. The second-order valence-corrected chi connectivity index (χ2v) is 5.60. The number of ketones is 1. The quantitative estimate of drug-likeness (QED) is 0.784. The number of hydrogen-bond donors (Lipinski definition) is 1. The number of unbranched alkanes of at least 4 members (excludes halogenated alkanes) is 1. The highest BCUT2D eigenvalue weighted by Crippen LogP contribution is 2.28. The van der Waals surface area contributed by atoms with E-state index in [2.05, 4.69) is 5.32 Å². The molecule has 2 rings (SSSR count). The van der Waals surface area contributed by atoms with Crippen LogP contribution in [-0.4, -0.2) is 31.2 Å². The highest BCUT2D eigenvalue weighted by atomic mass is 16.2. The Hall–Kier alpha value is -2.17. The van der Waals surface area contributed by atoms with Gasteiger partial charge in [0.2, 0.25) is 11.8 Å². The average molecular weight is 302 g/mol. The van der Waals surface area contributed by atoms with Gasteiger partial charge in [-0.3, -0.25) is 14.4 Å². The molecule has 0 atom stereocenters. The van der Waals surface area contributed by atoms with Gasteiger partial charge in [-0.15, -0.1) is 0 Å². The summed E-state index contributed by atoms with van der Waals surface area (Å²) < 4.78 is 0. The van der Waals surface area contributed by atoms with Gasteiger partial charge < -0.3 is 10.2 Å². The summed E-state index contributed by atoms with van der Waals surface area (Å²) in [6, 6.07) is 5.35. The van der Waals surface area contributed by atoms with Crippen LogP contribution in [-0.2, 0) is 16.0 Å². The summed E-state index contributed by atoms with van der Waals surface area (Å²) in [6.45, 7) is 2.39. The molecule has 0 radical (unpaired) electrons. The highest BCUT2D eigenvalue weighted by molar-refractivity contribution is 6.03. The van der Waals surface area contributed by atoms with Crippen molar-refractivity contribution in [2.45, 2.75) is 39.0 Å². The van der Waals surface area contributed by atoms with Crippen molar-refractivity contribution in [2.75, 3.05) is 18.5 Å². The van der Waals surface area contributed by atoms with Crippen LogP contribution in [0.25, 0.3) is 0 Å². The van der Waals surface area contributed by atoms with Crippen LogP contribution in [0.5, 0.6) is 0 Å². The van der Waals surface area contributed by atoms with Crippen molar-refractivity contribution in [1.82, 2.24) is 5.32 Å². The van der Waals surface area contributed by atoms with E-state index in [0.717, 1.165) is 24.1 Å². The van der Waals surface area contributed by atoms with Crippen molar-refractivity contribution in [2.24, 2.45) is 0 Å². The summed E-state index contributed by atoms with van der Waals surface area (Å²) in [7, 11) is 1.74. The minimum atomic E-state index is -0.0133. The molecule has 5 heteroatoms. The molecule has 1 aromatic rings. The molecule has 0 fully saturated rings. The molecule has 2 amide bonds. The van der Waals surface area contributed by atoms with Crippen molar-refractivity contribution in [3.63, 3.8) is 0 Å². The number of rotatable bonds is 7. The number of carbonyl (C=O) groups is 3.